The van der Waals surface area contributed by atoms with E-state index >= 15 is 0 Å². The molecule has 0 saturated carbocycles. The van der Waals surface area contributed by atoms with Gasteiger partial charge in [0.15, 0.2) is 0 Å². The normalized spacial score (nSPS) is 12.2. The van der Waals surface area contributed by atoms with E-state index in [1.165, 1.54) is 0 Å². The third kappa shape index (κ3) is 2.59. The molecule has 0 aliphatic rings. The van der Waals surface area contributed by atoms with Crippen LogP contribution in [0.3, 0.4) is 0 Å². The van der Waals surface area contributed by atoms with Gasteiger partial charge in [-0.2, -0.15) is 5.26 Å². The minimum atomic E-state index is -0.951. The van der Waals surface area contributed by atoms with E-state index in [-0.39, 0.29) is 0 Å². The summed E-state index contributed by atoms with van der Waals surface area (Å²) in [5, 5.41) is 23.6. The lowest BCUT2D eigenvalue weighted by atomic mass is 9.86. The Balaban J connectivity index is 2.52. The molecular weight excluding hydrogens is 250 g/mol. The molecule has 0 radical (unpaired) electrons. The standard InChI is InChI=1S/C16H19N3O/c1-15(2,16(3,4)20)19-14-12(10-17)9-11-7-5-6-8-13(11)18-14/h5-9,20H,1-4H3,(H,18,19). The van der Waals surface area contributed by atoms with E-state index in [9.17, 15) is 10.4 Å². The Morgan fingerprint density at radius 1 is 1.20 bits per heavy atom. The minimum absolute atomic E-state index is 0.473. The molecule has 2 N–H and O–H groups in total. The summed E-state index contributed by atoms with van der Waals surface area (Å²) < 4.78 is 0. The highest BCUT2D eigenvalue weighted by atomic mass is 16.3. The Morgan fingerprint density at radius 2 is 1.85 bits per heavy atom. The second-order valence-electron chi connectivity index (χ2n) is 6.00. The molecule has 20 heavy (non-hydrogen) atoms. The van der Waals surface area contributed by atoms with Crippen molar-refractivity contribution in [1.82, 2.24) is 4.98 Å². The molecule has 0 aliphatic carbocycles. The van der Waals surface area contributed by atoms with Crippen LogP contribution in [-0.2, 0) is 0 Å². The lowest BCUT2D eigenvalue weighted by Crippen LogP contribution is -2.51. The fraction of sp³-hybridized carbons (Fsp3) is 0.375. The van der Waals surface area contributed by atoms with Crippen LogP contribution in [0.4, 0.5) is 5.82 Å². The lowest BCUT2D eigenvalue weighted by Gasteiger charge is -2.38. The predicted molar refractivity (Wildman–Crippen MR) is 80.5 cm³/mol. The van der Waals surface area contributed by atoms with Crippen LogP contribution in [0.5, 0.6) is 0 Å². The highest BCUT2D eigenvalue weighted by Crippen LogP contribution is 2.28. The lowest BCUT2D eigenvalue weighted by molar-refractivity contribution is 0.0239. The number of aliphatic hydroxyl groups is 1. The molecule has 0 fully saturated rings. The highest BCUT2D eigenvalue weighted by molar-refractivity contribution is 5.82. The molecule has 0 saturated heterocycles. The molecule has 0 spiro atoms. The number of para-hydroxylation sites is 1. The zero-order valence-corrected chi connectivity index (χ0v) is 12.2. The van der Waals surface area contributed by atoms with Gasteiger partial charge in [0.2, 0.25) is 0 Å². The van der Waals surface area contributed by atoms with E-state index < -0.39 is 11.1 Å². The van der Waals surface area contributed by atoms with Crippen LogP contribution in [0.2, 0.25) is 0 Å². The average molecular weight is 269 g/mol. The Kier molecular flexibility index (Phi) is 3.41. The number of nitrogens with zero attached hydrogens (tertiary/aromatic N) is 2. The van der Waals surface area contributed by atoms with E-state index in [4.69, 9.17) is 0 Å². The second kappa shape index (κ2) is 4.77. The van der Waals surface area contributed by atoms with E-state index in [0.717, 1.165) is 10.9 Å². The van der Waals surface area contributed by atoms with Gasteiger partial charge >= 0.3 is 0 Å². The smallest absolute Gasteiger partial charge is 0.145 e. The SMILES string of the molecule is CC(C)(O)C(C)(C)Nc1nc2ccccc2cc1C#N. The molecule has 104 valence electrons. The van der Waals surface area contributed by atoms with E-state index in [1.807, 2.05) is 44.2 Å². The maximum absolute atomic E-state index is 10.2. The first kappa shape index (κ1) is 14.3. The van der Waals surface area contributed by atoms with Gasteiger partial charge in [0.25, 0.3) is 0 Å². The van der Waals surface area contributed by atoms with Crippen molar-refractivity contribution in [2.45, 2.75) is 38.8 Å². The van der Waals surface area contributed by atoms with Crippen LogP contribution in [0.15, 0.2) is 30.3 Å². The monoisotopic (exact) mass is 269 g/mol. The topological polar surface area (TPSA) is 68.9 Å². The molecule has 0 amide bonds. The summed E-state index contributed by atoms with van der Waals surface area (Å²) in [7, 11) is 0. The van der Waals surface area contributed by atoms with Crippen molar-refractivity contribution in [2.24, 2.45) is 0 Å². The third-order valence-corrected chi connectivity index (χ3v) is 3.80. The molecule has 0 aliphatic heterocycles. The van der Waals surface area contributed by atoms with Crippen molar-refractivity contribution >= 4 is 16.7 Å². The van der Waals surface area contributed by atoms with Gasteiger partial charge in [0, 0.05) is 5.39 Å². The van der Waals surface area contributed by atoms with Gasteiger partial charge in [0.05, 0.1) is 22.2 Å². The summed E-state index contributed by atoms with van der Waals surface area (Å²) in [6.07, 6.45) is 0. The van der Waals surface area contributed by atoms with Crippen LogP contribution >= 0.6 is 0 Å². The van der Waals surface area contributed by atoms with Crippen LogP contribution in [0.1, 0.15) is 33.3 Å². The summed E-state index contributed by atoms with van der Waals surface area (Å²) in [5.41, 5.74) is -0.275. The number of hydrogen-bond acceptors (Lipinski definition) is 4. The van der Waals surface area contributed by atoms with E-state index in [0.29, 0.717) is 11.4 Å². The van der Waals surface area contributed by atoms with Gasteiger partial charge in [0.1, 0.15) is 11.9 Å². The van der Waals surface area contributed by atoms with Crippen molar-refractivity contribution in [3.8, 4) is 6.07 Å². The van der Waals surface area contributed by atoms with Gasteiger partial charge in [-0.05, 0) is 39.8 Å². The van der Waals surface area contributed by atoms with E-state index in [2.05, 4.69) is 16.4 Å². The number of anilines is 1. The fourth-order valence-corrected chi connectivity index (χ4v) is 1.75. The minimum Gasteiger partial charge on any atom is -0.388 e. The van der Waals surface area contributed by atoms with Crippen molar-refractivity contribution in [3.63, 3.8) is 0 Å². The number of nitrogens with one attached hydrogen (secondary N) is 1. The molecule has 2 rings (SSSR count). The number of pyridine rings is 1. The summed E-state index contributed by atoms with van der Waals surface area (Å²) >= 11 is 0. The second-order valence-corrected chi connectivity index (χ2v) is 6.00. The molecule has 1 aromatic carbocycles. The first-order chi connectivity index (χ1) is 9.24. The molecule has 2 aromatic rings. The zero-order valence-electron chi connectivity index (χ0n) is 12.2. The highest BCUT2D eigenvalue weighted by Gasteiger charge is 2.35. The Labute approximate surface area is 119 Å². The van der Waals surface area contributed by atoms with Gasteiger partial charge in [-0.15, -0.1) is 0 Å². The van der Waals surface area contributed by atoms with Gasteiger partial charge in [-0.1, -0.05) is 18.2 Å². The number of rotatable bonds is 3. The van der Waals surface area contributed by atoms with Crippen molar-refractivity contribution in [1.29, 1.82) is 5.26 Å². The summed E-state index contributed by atoms with van der Waals surface area (Å²) in [4.78, 5) is 4.50. The van der Waals surface area contributed by atoms with Crippen LogP contribution in [0.25, 0.3) is 10.9 Å². The quantitative estimate of drug-likeness (QED) is 0.898. The maximum Gasteiger partial charge on any atom is 0.145 e. The largest absolute Gasteiger partial charge is 0.388 e. The maximum atomic E-state index is 10.2. The van der Waals surface area contributed by atoms with Crippen LogP contribution in [-0.4, -0.2) is 21.2 Å². The number of benzene rings is 1. The third-order valence-electron chi connectivity index (χ3n) is 3.80. The summed E-state index contributed by atoms with van der Waals surface area (Å²) in [6, 6.07) is 11.6. The number of fused-ring (bicyclic) bond motifs is 1. The Hall–Kier alpha value is -2.12. The van der Waals surface area contributed by atoms with Crippen LogP contribution < -0.4 is 5.32 Å². The molecule has 0 bridgehead atoms. The number of hydrogen-bond donors (Lipinski definition) is 2. The molecule has 4 heteroatoms. The predicted octanol–water partition coefficient (Wildman–Crippen LogP) is 3.07. The van der Waals surface area contributed by atoms with Gasteiger partial charge in [-0.3, -0.25) is 0 Å². The van der Waals surface area contributed by atoms with Gasteiger partial charge < -0.3 is 10.4 Å². The van der Waals surface area contributed by atoms with Crippen molar-refractivity contribution in [2.75, 3.05) is 5.32 Å². The summed E-state index contributed by atoms with van der Waals surface area (Å²) in [5.74, 6) is 0.498. The molecule has 4 nitrogen and oxygen atoms in total. The average Bonchev–Trinajstić information content (AvgIpc) is 2.36. The van der Waals surface area contributed by atoms with Gasteiger partial charge in [-0.25, -0.2) is 4.98 Å². The Morgan fingerprint density at radius 3 is 2.45 bits per heavy atom. The van der Waals surface area contributed by atoms with Crippen LogP contribution in [0, 0.1) is 11.3 Å². The fourth-order valence-electron chi connectivity index (χ4n) is 1.75. The summed E-state index contributed by atoms with van der Waals surface area (Å²) in [6.45, 7) is 7.22. The number of nitriles is 1. The van der Waals surface area contributed by atoms with Crippen molar-refractivity contribution in [3.05, 3.63) is 35.9 Å². The zero-order chi connectivity index (χ0) is 15.0. The molecule has 1 heterocycles. The first-order valence-corrected chi connectivity index (χ1v) is 6.55. The molecule has 0 unspecified atom stereocenters. The van der Waals surface area contributed by atoms with Crippen molar-refractivity contribution < 1.29 is 5.11 Å². The number of aromatic nitrogens is 1. The first-order valence-electron chi connectivity index (χ1n) is 6.55. The Bertz CT molecular complexity index is 678. The molecule has 1 aromatic heterocycles. The molecule has 0 atom stereocenters. The molecular formula is C16H19N3O. The van der Waals surface area contributed by atoms with E-state index in [1.54, 1.807) is 13.8 Å².